The van der Waals surface area contributed by atoms with E-state index in [0.29, 0.717) is 23.5 Å². The lowest BCUT2D eigenvalue weighted by Gasteiger charge is -2.19. The molecule has 0 aliphatic heterocycles. The topological polar surface area (TPSA) is 43.6 Å². The smallest absolute Gasteiger partial charge is 0.238 e. The van der Waals surface area contributed by atoms with Gasteiger partial charge in [-0.1, -0.05) is 170 Å². The van der Waals surface area contributed by atoms with Gasteiger partial charge in [-0.15, -0.1) is 0 Å². The molecule has 0 saturated heterocycles. The largest absolute Gasteiger partial charge is 0.277 e. The van der Waals surface area contributed by atoms with Crippen LogP contribution < -0.4 is 0 Å². The normalized spacial score (nSPS) is 14.3. The van der Waals surface area contributed by atoms with E-state index < -0.39 is 0 Å². The van der Waals surface area contributed by atoms with Crippen LogP contribution in [0.25, 0.3) is 67.2 Å². The molecule has 0 radical (unpaired) electrons. The second kappa shape index (κ2) is 12.3. The Bertz CT molecular complexity index is 2440. The molecule has 2 aromatic heterocycles. The first-order chi connectivity index (χ1) is 24.3. The van der Waals surface area contributed by atoms with Crippen LogP contribution in [-0.2, 0) is 0 Å². The zero-order valence-electron chi connectivity index (χ0n) is 26.8. The SMILES string of the molecule is C1=CC(c2ccc(-c3ccccc3)cc2)CC=C1c1cccc2c3ccccc3n(-c3nc(-c4ccccc4)nc(-c4ccccc4)n3)c12. The standard InChI is InChI=1S/C45H32N4/c1-4-13-31(14-5-1)32-23-25-33(26-24-32)34-27-29-35(30-28-34)38-20-12-21-40-39-19-10-11-22-41(39)49(42(38)40)45-47-43(36-15-6-2-7-16-36)46-44(48-45)37-17-8-3-9-18-37/h1-27,29-30,34H,28H2. The lowest BCUT2D eigenvalue weighted by molar-refractivity contribution is 0.857. The van der Waals surface area contributed by atoms with E-state index in [1.54, 1.807) is 0 Å². The summed E-state index contributed by atoms with van der Waals surface area (Å²) in [6.45, 7) is 0. The molecule has 0 amide bonds. The predicted octanol–water partition coefficient (Wildman–Crippen LogP) is 11.1. The monoisotopic (exact) mass is 628 g/mol. The van der Waals surface area contributed by atoms with Gasteiger partial charge in [0.05, 0.1) is 11.0 Å². The second-order valence-corrected chi connectivity index (χ2v) is 12.4. The number of hydrogen-bond donors (Lipinski definition) is 0. The van der Waals surface area contributed by atoms with Crippen LogP contribution in [0.15, 0.2) is 176 Å². The quantitative estimate of drug-likeness (QED) is 0.184. The van der Waals surface area contributed by atoms with Crippen molar-refractivity contribution in [1.82, 2.24) is 19.5 Å². The molecular weight excluding hydrogens is 597 g/mol. The predicted molar refractivity (Wildman–Crippen MR) is 201 cm³/mol. The Morgan fingerprint density at radius 3 is 1.69 bits per heavy atom. The van der Waals surface area contributed by atoms with Crippen LogP contribution in [0, 0.1) is 0 Å². The van der Waals surface area contributed by atoms with Crippen molar-refractivity contribution < 1.29 is 0 Å². The van der Waals surface area contributed by atoms with Gasteiger partial charge in [-0.05, 0) is 34.8 Å². The molecule has 0 bridgehead atoms. The Hall–Kier alpha value is -6.39. The van der Waals surface area contributed by atoms with Crippen molar-refractivity contribution in [3.05, 3.63) is 187 Å². The van der Waals surface area contributed by atoms with Crippen LogP contribution in [0.3, 0.4) is 0 Å². The molecule has 2 heterocycles. The van der Waals surface area contributed by atoms with Crippen molar-refractivity contribution >= 4 is 27.4 Å². The van der Waals surface area contributed by atoms with Gasteiger partial charge in [0, 0.05) is 33.4 Å². The van der Waals surface area contributed by atoms with Gasteiger partial charge in [-0.2, -0.15) is 9.97 Å². The molecule has 4 heteroatoms. The molecule has 232 valence electrons. The summed E-state index contributed by atoms with van der Waals surface area (Å²) in [5.74, 6) is 2.21. The third-order valence-electron chi connectivity index (χ3n) is 9.44. The average Bonchev–Trinajstić information content (AvgIpc) is 3.54. The first-order valence-electron chi connectivity index (χ1n) is 16.7. The Labute approximate surface area is 285 Å². The van der Waals surface area contributed by atoms with Gasteiger partial charge < -0.3 is 0 Å². The lowest BCUT2D eigenvalue weighted by atomic mass is 9.87. The maximum absolute atomic E-state index is 5.14. The summed E-state index contributed by atoms with van der Waals surface area (Å²) in [5.41, 5.74) is 10.2. The molecule has 1 aliphatic carbocycles. The summed E-state index contributed by atoms with van der Waals surface area (Å²) >= 11 is 0. The average molecular weight is 629 g/mol. The second-order valence-electron chi connectivity index (χ2n) is 12.4. The molecule has 6 aromatic carbocycles. The highest BCUT2D eigenvalue weighted by atomic mass is 15.2. The maximum Gasteiger partial charge on any atom is 0.238 e. The lowest BCUT2D eigenvalue weighted by Crippen LogP contribution is -2.07. The van der Waals surface area contributed by atoms with Gasteiger partial charge in [0.25, 0.3) is 0 Å². The van der Waals surface area contributed by atoms with Crippen molar-refractivity contribution in [2.45, 2.75) is 12.3 Å². The molecule has 0 spiro atoms. The summed E-state index contributed by atoms with van der Waals surface area (Å²) in [6.07, 6.45) is 7.94. The Morgan fingerprint density at radius 1 is 0.490 bits per heavy atom. The third-order valence-corrected chi connectivity index (χ3v) is 9.44. The molecule has 4 nitrogen and oxygen atoms in total. The highest BCUT2D eigenvalue weighted by molar-refractivity contribution is 6.12. The fourth-order valence-electron chi connectivity index (χ4n) is 6.98. The molecule has 1 aliphatic rings. The molecule has 8 aromatic rings. The van der Waals surface area contributed by atoms with Crippen LogP contribution in [0.1, 0.15) is 23.5 Å². The van der Waals surface area contributed by atoms with E-state index in [1.807, 2.05) is 36.4 Å². The molecule has 49 heavy (non-hydrogen) atoms. The van der Waals surface area contributed by atoms with Gasteiger partial charge in [0.15, 0.2) is 11.6 Å². The van der Waals surface area contributed by atoms with Crippen molar-refractivity contribution in [1.29, 1.82) is 0 Å². The van der Waals surface area contributed by atoms with Gasteiger partial charge in [-0.25, -0.2) is 4.98 Å². The van der Waals surface area contributed by atoms with E-state index in [2.05, 4.69) is 144 Å². The van der Waals surface area contributed by atoms with Crippen molar-refractivity contribution in [2.24, 2.45) is 0 Å². The molecule has 1 unspecified atom stereocenters. The minimum absolute atomic E-state index is 0.323. The number of benzene rings is 6. The number of para-hydroxylation sites is 2. The van der Waals surface area contributed by atoms with Crippen molar-refractivity contribution in [2.75, 3.05) is 0 Å². The summed E-state index contributed by atoms with van der Waals surface area (Å²) < 4.78 is 2.23. The van der Waals surface area contributed by atoms with Crippen LogP contribution in [0.2, 0.25) is 0 Å². The number of hydrogen-bond acceptors (Lipinski definition) is 3. The van der Waals surface area contributed by atoms with Gasteiger partial charge in [-0.3, -0.25) is 4.57 Å². The Kier molecular flexibility index (Phi) is 7.25. The minimum Gasteiger partial charge on any atom is -0.277 e. The Morgan fingerprint density at radius 2 is 1.06 bits per heavy atom. The van der Waals surface area contributed by atoms with E-state index in [1.165, 1.54) is 33.0 Å². The van der Waals surface area contributed by atoms with Gasteiger partial charge >= 0.3 is 0 Å². The first-order valence-corrected chi connectivity index (χ1v) is 16.7. The van der Waals surface area contributed by atoms with Crippen LogP contribution in [0.4, 0.5) is 0 Å². The fraction of sp³-hybridized carbons (Fsp3) is 0.0444. The van der Waals surface area contributed by atoms with Crippen molar-refractivity contribution in [3.63, 3.8) is 0 Å². The molecule has 0 N–H and O–H groups in total. The van der Waals surface area contributed by atoms with Gasteiger partial charge in [0.1, 0.15) is 0 Å². The molecule has 0 fully saturated rings. The van der Waals surface area contributed by atoms with Crippen LogP contribution >= 0.6 is 0 Å². The number of aromatic nitrogens is 4. The number of fused-ring (bicyclic) bond motifs is 3. The van der Waals surface area contributed by atoms with E-state index >= 15 is 0 Å². The van der Waals surface area contributed by atoms with E-state index in [0.717, 1.165) is 34.1 Å². The molecule has 1 atom stereocenters. The maximum atomic E-state index is 5.14. The zero-order valence-corrected chi connectivity index (χ0v) is 26.8. The minimum atomic E-state index is 0.323. The number of rotatable bonds is 6. The molecule has 9 rings (SSSR count). The third kappa shape index (κ3) is 5.34. The highest BCUT2D eigenvalue weighted by Gasteiger charge is 2.21. The van der Waals surface area contributed by atoms with Crippen molar-refractivity contribution in [3.8, 4) is 39.9 Å². The van der Waals surface area contributed by atoms with Crippen LogP contribution in [-0.4, -0.2) is 19.5 Å². The van der Waals surface area contributed by atoms with E-state index in [4.69, 9.17) is 15.0 Å². The van der Waals surface area contributed by atoms with Crippen LogP contribution in [0.5, 0.6) is 0 Å². The number of allylic oxidation sites excluding steroid dienone is 4. The summed E-state index contributed by atoms with van der Waals surface area (Å²) in [6, 6.07) is 55.0. The summed E-state index contributed by atoms with van der Waals surface area (Å²) in [7, 11) is 0. The first kappa shape index (κ1) is 28.8. The summed E-state index contributed by atoms with van der Waals surface area (Å²) in [4.78, 5) is 15.2. The number of nitrogens with zero attached hydrogens (tertiary/aromatic N) is 4. The highest BCUT2D eigenvalue weighted by Crippen LogP contribution is 2.39. The van der Waals surface area contributed by atoms with Gasteiger partial charge in [0.2, 0.25) is 5.95 Å². The van der Waals surface area contributed by atoms with E-state index in [9.17, 15) is 0 Å². The molecule has 0 saturated carbocycles. The van der Waals surface area contributed by atoms with E-state index in [-0.39, 0.29) is 0 Å². The fourth-order valence-corrected chi connectivity index (χ4v) is 6.98. The summed E-state index contributed by atoms with van der Waals surface area (Å²) in [5, 5.41) is 2.34. The zero-order chi connectivity index (χ0) is 32.6. The Balaban J connectivity index is 1.16. The molecular formula is C45H32N4.